The summed E-state index contributed by atoms with van der Waals surface area (Å²) < 4.78 is 5.43. The molecule has 0 radical (unpaired) electrons. The average molecular weight is 303 g/mol. The molecule has 106 valence electrons. The van der Waals surface area contributed by atoms with Crippen molar-refractivity contribution in [2.24, 2.45) is 5.92 Å². The number of rotatable bonds is 5. The summed E-state index contributed by atoms with van der Waals surface area (Å²) in [7, 11) is 0. The zero-order valence-electron chi connectivity index (χ0n) is 11.7. The highest BCUT2D eigenvalue weighted by Gasteiger charge is 2.27. The quantitative estimate of drug-likeness (QED) is 0.709. The van der Waals surface area contributed by atoms with E-state index in [0.29, 0.717) is 22.4 Å². The third kappa shape index (κ3) is 4.39. The lowest BCUT2D eigenvalue weighted by atomic mass is 9.84. The lowest BCUT2D eigenvalue weighted by Crippen LogP contribution is -2.26. The fourth-order valence-corrected chi connectivity index (χ4v) is 2.82. The van der Waals surface area contributed by atoms with Crippen molar-refractivity contribution in [1.82, 2.24) is 0 Å². The van der Waals surface area contributed by atoms with Crippen molar-refractivity contribution in [2.75, 3.05) is 0 Å². The number of hydrogen-bond acceptors (Lipinski definition) is 2. The SMILES string of the molecule is CCC(=O)OC(C)C(c1ccc(Cl)cc1Cl)C(C)C. The summed E-state index contributed by atoms with van der Waals surface area (Å²) in [6.45, 7) is 7.87. The minimum absolute atomic E-state index is 0.0558. The Bertz CT molecular complexity index is 444. The smallest absolute Gasteiger partial charge is 0.305 e. The highest BCUT2D eigenvalue weighted by atomic mass is 35.5. The maximum atomic E-state index is 11.4. The van der Waals surface area contributed by atoms with Crippen LogP contribution in [0.25, 0.3) is 0 Å². The van der Waals surface area contributed by atoms with Crippen LogP contribution in [-0.4, -0.2) is 12.1 Å². The third-order valence-corrected chi connectivity index (χ3v) is 3.71. The molecular weight excluding hydrogens is 283 g/mol. The lowest BCUT2D eigenvalue weighted by Gasteiger charge is -2.28. The first kappa shape index (κ1) is 16.3. The fourth-order valence-electron chi connectivity index (χ4n) is 2.29. The molecule has 0 saturated heterocycles. The van der Waals surface area contributed by atoms with Gasteiger partial charge in [-0.25, -0.2) is 0 Å². The highest BCUT2D eigenvalue weighted by Crippen LogP contribution is 2.35. The number of carbonyl (C=O) groups excluding carboxylic acids is 1. The summed E-state index contributed by atoms with van der Waals surface area (Å²) in [5, 5.41) is 1.22. The molecule has 0 aliphatic heterocycles. The molecule has 0 aliphatic carbocycles. The Balaban J connectivity index is 3.03. The number of hydrogen-bond donors (Lipinski definition) is 0. The summed E-state index contributed by atoms with van der Waals surface area (Å²) in [4.78, 5) is 11.4. The standard InChI is InChI=1S/C15H20Cl2O2/c1-5-14(18)19-10(4)15(9(2)3)12-7-6-11(16)8-13(12)17/h6-10,15H,5H2,1-4H3. The summed E-state index contributed by atoms with van der Waals surface area (Å²) in [5.74, 6) is 0.168. The Hall–Kier alpha value is -0.730. The summed E-state index contributed by atoms with van der Waals surface area (Å²) in [6.07, 6.45) is 0.162. The summed E-state index contributed by atoms with van der Waals surface area (Å²) >= 11 is 12.2. The van der Waals surface area contributed by atoms with Crippen molar-refractivity contribution in [3.8, 4) is 0 Å². The molecule has 0 fully saturated rings. The molecule has 0 N–H and O–H groups in total. The van der Waals surface area contributed by atoms with Gasteiger partial charge in [0.2, 0.25) is 0 Å². The van der Waals surface area contributed by atoms with Crippen molar-refractivity contribution >= 4 is 29.2 Å². The molecule has 0 bridgehead atoms. The Labute approximate surface area is 125 Å². The molecule has 0 heterocycles. The van der Waals surface area contributed by atoms with E-state index >= 15 is 0 Å². The van der Waals surface area contributed by atoms with Gasteiger partial charge < -0.3 is 4.74 Å². The Morgan fingerprint density at radius 3 is 2.37 bits per heavy atom. The topological polar surface area (TPSA) is 26.3 Å². The van der Waals surface area contributed by atoms with Crippen LogP contribution < -0.4 is 0 Å². The van der Waals surface area contributed by atoms with E-state index in [1.165, 1.54) is 0 Å². The zero-order chi connectivity index (χ0) is 14.6. The fraction of sp³-hybridized carbons (Fsp3) is 0.533. The van der Waals surface area contributed by atoms with Gasteiger partial charge in [-0.15, -0.1) is 0 Å². The molecule has 2 unspecified atom stereocenters. The molecule has 1 aromatic rings. The molecule has 0 spiro atoms. The molecule has 0 aliphatic rings. The third-order valence-electron chi connectivity index (χ3n) is 3.15. The maximum absolute atomic E-state index is 11.4. The Morgan fingerprint density at radius 2 is 1.89 bits per heavy atom. The van der Waals surface area contributed by atoms with Gasteiger partial charge in [-0.05, 0) is 30.5 Å². The monoisotopic (exact) mass is 302 g/mol. The van der Waals surface area contributed by atoms with E-state index < -0.39 is 0 Å². The second-order valence-corrected chi connectivity index (χ2v) is 5.83. The molecule has 19 heavy (non-hydrogen) atoms. The molecule has 4 heteroatoms. The van der Waals surface area contributed by atoms with Crippen molar-refractivity contribution in [3.05, 3.63) is 33.8 Å². The van der Waals surface area contributed by atoms with Crippen LogP contribution in [0, 0.1) is 5.92 Å². The van der Waals surface area contributed by atoms with Crippen LogP contribution in [0.3, 0.4) is 0 Å². The summed E-state index contributed by atoms with van der Waals surface area (Å²) in [5.41, 5.74) is 0.970. The van der Waals surface area contributed by atoms with Crippen molar-refractivity contribution in [2.45, 2.75) is 46.1 Å². The van der Waals surface area contributed by atoms with Gasteiger partial charge in [0.1, 0.15) is 6.10 Å². The van der Waals surface area contributed by atoms with Crippen LogP contribution in [0.15, 0.2) is 18.2 Å². The first-order valence-corrected chi connectivity index (χ1v) is 7.26. The van der Waals surface area contributed by atoms with Gasteiger partial charge in [0.05, 0.1) is 0 Å². The molecule has 2 nitrogen and oxygen atoms in total. The predicted octanol–water partition coefficient (Wildman–Crippen LogP) is 5.07. The zero-order valence-corrected chi connectivity index (χ0v) is 13.3. The van der Waals surface area contributed by atoms with Gasteiger partial charge >= 0.3 is 5.97 Å². The van der Waals surface area contributed by atoms with E-state index in [4.69, 9.17) is 27.9 Å². The summed E-state index contributed by atoms with van der Waals surface area (Å²) in [6, 6.07) is 5.44. The minimum Gasteiger partial charge on any atom is -0.462 e. The van der Waals surface area contributed by atoms with Crippen LogP contribution in [0.1, 0.15) is 45.6 Å². The lowest BCUT2D eigenvalue weighted by molar-refractivity contribution is -0.149. The van der Waals surface area contributed by atoms with Crippen molar-refractivity contribution in [3.63, 3.8) is 0 Å². The van der Waals surface area contributed by atoms with Crippen LogP contribution in [0.2, 0.25) is 10.0 Å². The number of halogens is 2. The van der Waals surface area contributed by atoms with E-state index in [-0.39, 0.29) is 18.0 Å². The van der Waals surface area contributed by atoms with E-state index in [1.54, 1.807) is 13.0 Å². The molecule has 0 aromatic heterocycles. The Kier molecular flexibility index (Phi) is 6.15. The number of ether oxygens (including phenoxy) is 1. The van der Waals surface area contributed by atoms with Crippen LogP contribution in [0.5, 0.6) is 0 Å². The molecule has 1 aromatic carbocycles. The highest BCUT2D eigenvalue weighted by molar-refractivity contribution is 6.35. The van der Waals surface area contributed by atoms with Gasteiger partial charge in [0.25, 0.3) is 0 Å². The average Bonchev–Trinajstić information content (AvgIpc) is 2.31. The number of esters is 1. The van der Waals surface area contributed by atoms with Crippen LogP contribution >= 0.6 is 23.2 Å². The predicted molar refractivity (Wildman–Crippen MR) is 79.9 cm³/mol. The molecule has 2 atom stereocenters. The number of carbonyl (C=O) groups is 1. The van der Waals surface area contributed by atoms with Crippen LogP contribution in [-0.2, 0) is 9.53 Å². The first-order chi connectivity index (χ1) is 8.86. The second-order valence-electron chi connectivity index (χ2n) is 4.98. The van der Waals surface area contributed by atoms with Gasteiger partial charge in [-0.2, -0.15) is 0 Å². The van der Waals surface area contributed by atoms with E-state index in [2.05, 4.69) is 13.8 Å². The Morgan fingerprint density at radius 1 is 1.26 bits per heavy atom. The van der Waals surface area contributed by atoms with E-state index in [1.807, 2.05) is 19.1 Å². The van der Waals surface area contributed by atoms with Crippen molar-refractivity contribution in [1.29, 1.82) is 0 Å². The van der Waals surface area contributed by atoms with Gasteiger partial charge in [-0.1, -0.05) is 50.0 Å². The molecule has 0 saturated carbocycles. The van der Waals surface area contributed by atoms with Gasteiger partial charge in [0, 0.05) is 22.4 Å². The first-order valence-electron chi connectivity index (χ1n) is 6.51. The minimum atomic E-state index is -0.217. The normalized spacial score (nSPS) is 14.3. The molecule has 1 rings (SSSR count). The largest absolute Gasteiger partial charge is 0.462 e. The maximum Gasteiger partial charge on any atom is 0.305 e. The van der Waals surface area contributed by atoms with Gasteiger partial charge in [-0.3, -0.25) is 4.79 Å². The van der Waals surface area contributed by atoms with E-state index in [9.17, 15) is 4.79 Å². The second kappa shape index (κ2) is 7.16. The van der Waals surface area contributed by atoms with Crippen LogP contribution in [0.4, 0.5) is 0 Å². The van der Waals surface area contributed by atoms with Gasteiger partial charge in [0.15, 0.2) is 0 Å². The number of benzene rings is 1. The molecule has 0 amide bonds. The van der Waals surface area contributed by atoms with Crippen molar-refractivity contribution < 1.29 is 9.53 Å². The van der Waals surface area contributed by atoms with E-state index in [0.717, 1.165) is 5.56 Å². The molecular formula is C15H20Cl2O2.